The fourth-order valence-electron chi connectivity index (χ4n) is 2.75. The molecule has 0 spiro atoms. The summed E-state index contributed by atoms with van der Waals surface area (Å²) in [7, 11) is 0. The van der Waals surface area contributed by atoms with Crippen LogP contribution in [0.3, 0.4) is 0 Å². The SMILES string of the molecule is C[C@H](NC(=O)Nc1ccc2c(c1)CCC2)c1ccncc1. The van der Waals surface area contributed by atoms with E-state index in [1.54, 1.807) is 12.4 Å². The fourth-order valence-corrected chi connectivity index (χ4v) is 2.75. The number of amides is 2. The first-order chi connectivity index (χ1) is 10.2. The maximum absolute atomic E-state index is 12.1. The Morgan fingerprint density at radius 1 is 1.14 bits per heavy atom. The number of benzene rings is 1. The molecule has 0 saturated heterocycles. The molecule has 1 aromatic heterocycles. The highest BCUT2D eigenvalue weighted by atomic mass is 16.2. The van der Waals surface area contributed by atoms with E-state index < -0.39 is 0 Å². The minimum absolute atomic E-state index is 0.0533. The van der Waals surface area contributed by atoms with Gasteiger partial charge in [0.2, 0.25) is 0 Å². The summed E-state index contributed by atoms with van der Waals surface area (Å²) in [4.78, 5) is 16.0. The third-order valence-corrected chi connectivity index (χ3v) is 3.91. The number of anilines is 1. The predicted molar refractivity (Wildman–Crippen MR) is 83.3 cm³/mol. The van der Waals surface area contributed by atoms with E-state index in [2.05, 4.69) is 27.8 Å². The normalized spacial score (nSPS) is 14.3. The van der Waals surface area contributed by atoms with Gasteiger partial charge in [0.25, 0.3) is 0 Å². The first-order valence-electron chi connectivity index (χ1n) is 7.31. The number of nitrogens with zero attached hydrogens (tertiary/aromatic N) is 1. The van der Waals surface area contributed by atoms with Gasteiger partial charge in [0.05, 0.1) is 6.04 Å². The lowest BCUT2D eigenvalue weighted by Crippen LogP contribution is -2.31. The maximum atomic E-state index is 12.1. The van der Waals surface area contributed by atoms with Crippen molar-refractivity contribution in [1.29, 1.82) is 0 Å². The molecular weight excluding hydrogens is 262 g/mol. The van der Waals surface area contributed by atoms with Crippen LogP contribution in [-0.2, 0) is 12.8 Å². The average Bonchev–Trinajstić information content (AvgIpc) is 2.95. The monoisotopic (exact) mass is 281 g/mol. The van der Waals surface area contributed by atoms with Crippen LogP contribution in [0.25, 0.3) is 0 Å². The Morgan fingerprint density at radius 3 is 2.71 bits per heavy atom. The standard InChI is InChI=1S/C17H19N3O/c1-12(13-7-9-18-10-8-13)19-17(21)20-16-6-5-14-3-2-4-15(14)11-16/h5-12H,2-4H2,1H3,(H2,19,20,21)/t12-/m0/s1. The number of hydrogen-bond acceptors (Lipinski definition) is 2. The minimum atomic E-state index is -0.183. The van der Waals surface area contributed by atoms with E-state index in [-0.39, 0.29) is 12.1 Å². The molecule has 1 atom stereocenters. The average molecular weight is 281 g/mol. The Kier molecular flexibility index (Phi) is 3.86. The third kappa shape index (κ3) is 3.21. The second-order valence-electron chi connectivity index (χ2n) is 5.44. The zero-order valence-electron chi connectivity index (χ0n) is 12.1. The highest BCUT2D eigenvalue weighted by Crippen LogP contribution is 2.24. The maximum Gasteiger partial charge on any atom is 0.319 e. The summed E-state index contributed by atoms with van der Waals surface area (Å²) in [6, 6.07) is 9.74. The van der Waals surface area contributed by atoms with E-state index >= 15 is 0 Å². The Morgan fingerprint density at radius 2 is 1.90 bits per heavy atom. The van der Waals surface area contributed by atoms with E-state index in [4.69, 9.17) is 0 Å². The Hall–Kier alpha value is -2.36. The van der Waals surface area contributed by atoms with Gasteiger partial charge in [-0.05, 0) is 67.1 Å². The lowest BCUT2D eigenvalue weighted by Gasteiger charge is -2.15. The molecule has 2 aromatic rings. The van der Waals surface area contributed by atoms with Gasteiger partial charge in [-0.3, -0.25) is 4.98 Å². The van der Waals surface area contributed by atoms with Crippen molar-refractivity contribution in [2.75, 3.05) is 5.32 Å². The van der Waals surface area contributed by atoms with Crippen molar-refractivity contribution >= 4 is 11.7 Å². The molecule has 0 bridgehead atoms. The van der Waals surface area contributed by atoms with Crippen LogP contribution in [0.4, 0.5) is 10.5 Å². The van der Waals surface area contributed by atoms with E-state index in [0.717, 1.165) is 24.1 Å². The fraction of sp³-hybridized carbons (Fsp3) is 0.294. The summed E-state index contributed by atoms with van der Waals surface area (Å²) >= 11 is 0. The van der Waals surface area contributed by atoms with Crippen molar-refractivity contribution < 1.29 is 4.79 Å². The zero-order chi connectivity index (χ0) is 14.7. The predicted octanol–water partition coefficient (Wildman–Crippen LogP) is 3.45. The Labute approximate surface area is 124 Å². The zero-order valence-corrected chi connectivity index (χ0v) is 12.1. The molecule has 4 nitrogen and oxygen atoms in total. The topological polar surface area (TPSA) is 54.0 Å². The number of hydrogen-bond donors (Lipinski definition) is 2. The molecule has 1 heterocycles. The highest BCUT2D eigenvalue weighted by Gasteiger charge is 2.13. The molecule has 1 aliphatic rings. The molecule has 0 aliphatic heterocycles. The summed E-state index contributed by atoms with van der Waals surface area (Å²) in [5.74, 6) is 0. The van der Waals surface area contributed by atoms with Crippen LogP contribution in [0, 0.1) is 0 Å². The molecule has 3 rings (SSSR count). The number of pyridine rings is 1. The molecule has 1 aliphatic carbocycles. The van der Waals surface area contributed by atoms with Gasteiger partial charge in [-0.1, -0.05) is 6.07 Å². The molecule has 2 amide bonds. The van der Waals surface area contributed by atoms with Crippen molar-refractivity contribution in [3.63, 3.8) is 0 Å². The molecule has 2 N–H and O–H groups in total. The number of fused-ring (bicyclic) bond motifs is 1. The van der Waals surface area contributed by atoms with Gasteiger partial charge in [0, 0.05) is 18.1 Å². The quantitative estimate of drug-likeness (QED) is 0.905. The van der Waals surface area contributed by atoms with Gasteiger partial charge in [-0.25, -0.2) is 4.79 Å². The first kappa shape index (κ1) is 13.6. The molecule has 0 saturated carbocycles. The molecule has 21 heavy (non-hydrogen) atoms. The van der Waals surface area contributed by atoms with Crippen LogP contribution in [-0.4, -0.2) is 11.0 Å². The van der Waals surface area contributed by atoms with E-state index in [9.17, 15) is 4.79 Å². The van der Waals surface area contributed by atoms with Crippen molar-refractivity contribution in [3.05, 3.63) is 59.4 Å². The van der Waals surface area contributed by atoms with Crippen LogP contribution >= 0.6 is 0 Å². The lowest BCUT2D eigenvalue weighted by atomic mass is 10.1. The number of rotatable bonds is 3. The smallest absolute Gasteiger partial charge is 0.319 e. The van der Waals surface area contributed by atoms with E-state index in [1.807, 2.05) is 25.1 Å². The number of aryl methyl sites for hydroxylation is 2. The van der Waals surface area contributed by atoms with Gasteiger partial charge in [-0.15, -0.1) is 0 Å². The van der Waals surface area contributed by atoms with E-state index in [1.165, 1.54) is 17.5 Å². The third-order valence-electron chi connectivity index (χ3n) is 3.91. The summed E-state index contributed by atoms with van der Waals surface area (Å²) in [6.45, 7) is 1.96. The number of aromatic nitrogens is 1. The van der Waals surface area contributed by atoms with Gasteiger partial charge in [0.15, 0.2) is 0 Å². The first-order valence-corrected chi connectivity index (χ1v) is 7.31. The molecule has 108 valence electrons. The molecule has 1 aromatic carbocycles. The summed E-state index contributed by atoms with van der Waals surface area (Å²) in [6.07, 6.45) is 6.93. The second kappa shape index (κ2) is 5.95. The molecule has 0 radical (unpaired) electrons. The second-order valence-corrected chi connectivity index (χ2v) is 5.44. The minimum Gasteiger partial charge on any atom is -0.331 e. The lowest BCUT2D eigenvalue weighted by molar-refractivity contribution is 0.249. The molecular formula is C17H19N3O. The van der Waals surface area contributed by atoms with Crippen molar-refractivity contribution in [2.45, 2.75) is 32.2 Å². The van der Waals surface area contributed by atoms with Crippen molar-refractivity contribution in [3.8, 4) is 0 Å². The summed E-state index contributed by atoms with van der Waals surface area (Å²) in [5.41, 5.74) is 4.66. The Balaban J connectivity index is 1.61. The summed E-state index contributed by atoms with van der Waals surface area (Å²) in [5, 5.41) is 5.84. The van der Waals surface area contributed by atoms with E-state index in [0.29, 0.717) is 0 Å². The number of nitrogens with one attached hydrogen (secondary N) is 2. The van der Waals surface area contributed by atoms with Crippen LogP contribution in [0.15, 0.2) is 42.7 Å². The van der Waals surface area contributed by atoms with Gasteiger partial charge < -0.3 is 10.6 Å². The van der Waals surface area contributed by atoms with Crippen molar-refractivity contribution in [2.24, 2.45) is 0 Å². The number of urea groups is 1. The van der Waals surface area contributed by atoms with Gasteiger partial charge in [0.1, 0.15) is 0 Å². The van der Waals surface area contributed by atoms with Gasteiger partial charge in [-0.2, -0.15) is 0 Å². The molecule has 0 fully saturated rings. The van der Waals surface area contributed by atoms with Crippen LogP contribution in [0.5, 0.6) is 0 Å². The number of carbonyl (C=O) groups excluding carboxylic acids is 1. The molecule has 0 unspecified atom stereocenters. The molecule has 4 heteroatoms. The van der Waals surface area contributed by atoms with Crippen LogP contribution in [0.2, 0.25) is 0 Å². The van der Waals surface area contributed by atoms with Crippen LogP contribution < -0.4 is 10.6 Å². The highest BCUT2D eigenvalue weighted by molar-refractivity contribution is 5.89. The summed E-state index contributed by atoms with van der Waals surface area (Å²) < 4.78 is 0. The van der Waals surface area contributed by atoms with Gasteiger partial charge >= 0.3 is 6.03 Å². The van der Waals surface area contributed by atoms with Crippen LogP contribution in [0.1, 0.15) is 36.1 Å². The Bertz CT molecular complexity index is 640. The number of carbonyl (C=O) groups is 1. The van der Waals surface area contributed by atoms with Crippen molar-refractivity contribution in [1.82, 2.24) is 10.3 Å². The largest absolute Gasteiger partial charge is 0.331 e.